The number of ketones is 1. The number of aliphatic carboxylic acids is 1. The van der Waals surface area contributed by atoms with E-state index in [1.54, 1.807) is 0 Å². The Morgan fingerprint density at radius 3 is 2.26 bits per heavy atom. The van der Waals surface area contributed by atoms with E-state index in [-0.39, 0.29) is 15.4 Å². The molecule has 0 fully saturated rings. The molecule has 2 aromatic rings. The fraction of sp³-hybridized carbons (Fsp3) is 0. The molecule has 0 spiro atoms. The molecule has 0 amide bonds. The van der Waals surface area contributed by atoms with Gasteiger partial charge >= 0.3 is 5.97 Å². The molecule has 3 N–H and O–H groups in total. The van der Waals surface area contributed by atoms with Crippen molar-refractivity contribution in [1.82, 2.24) is 4.98 Å². The van der Waals surface area contributed by atoms with E-state index in [2.05, 4.69) is 4.98 Å². The van der Waals surface area contributed by atoms with Gasteiger partial charge in [0.15, 0.2) is 0 Å². The average molecular weight is 339 g/mol. The highest BCUT2D eigenvalue weighted by Crippen LogP contribution is 2.27. The Bertz CT molecular complexity index is 896. The largest absolute Gasteiger partial charge is 0.507 e. The fourth-order valence-electron chi connectivity index (χ4n) is 1.78. The summed E-state index contributed by atoms with van der Waals surface area (Å²) < 4.78 is 37.8. The number of H-pyrrole nitrogens is 1. The zero-order valence-corrected chi connectivity index (χ0v) is 12.2. The predicted molar refractivity (Wildman–Crippen MR) is 75.9 cm³/mol. The smallest absolute Gasteiger partial charge is 0.376 e. The average Bonchev–Trinajstić information content (AvgIpc) is 2.97. The van der Waals surface area contributed by atoms with Crippen molar-refractivity contribution in [2.45, 2.75) is 9.79 Å². The Hall–Kier alpha value is -2.94. The lowest BCUT2D eigenvalue weighted by atomic mass is 10.2. The van der Waals surface area contributed by atoms with Crippen LogP contribution in [0.25, 0.3) is 5.76 Å². The van der Waals surface area contributed by atoms with Crippen molar-refractivity contribution < 1.29 is 32.6 Å². The molecule has 0 aliphatic rings. The Kier molecular flexibility index (Phi) is 4.32. The van der Waals surface area contributed by atoms with Gasteiger partial charge in [-0.1, -0.05) is 0 Å². The Labute approximate surface area is 129 Å². The minimum absolute atomic E-state index is 0.225. The number of hydrogen-bond donors (Lipinski definition) is 3. The van der Waals surface area contributed by atoms with Gasteiger partial charge in [-0.3, -0.25) is 4.79 Å². The molecule has 23 heavy (non-hydrogen) atoms. The molecular formula is C14H10FNO6S. The maximum atomic E-state index is 12.9. The van der Waals surface area contributed by atoms with E-state index in [0.717, 1.165) is 36.7 Å². The third-order valence-electron chi connectivity index (χ3n) is 2.88. The quantitative estimate of drug-likeness (QED) is 0.328. The molecule has 120 valence electrons. The summed E-state index contributed by atoms with van der Waals surface area (Å²) in [6, 6.07) is 4.01. The molecule has 0 radical (unpaired) electrons. The molecule has 2 rings (SSSR count). The first-order chi connectivity index (χ1) is 10.7. The van der Waals surface area contributed by atoms with Crippen LogP contribution in [0.5, 0.6) is 0 Å². The number of nitrogens with one attached hydrogen (secondary N) is 1. The summed E-state index contributed by atoms with van der Waals surface area (Å²) >= 11 is 0. The Balaban J connectivity index is 2.51. The van der Waals surface area contributed by atoms with E-state index in [1.807, 2.05) is 0 Å². The minimum Gasteiger partial charge on any atom is -0.507 e. The van der Waals surface area contributed by atoms with E-state index in [0.29, 0.717) is 6.08 Å². The van der Waals surface area contributed by atoms with Gasteiger partial charge < -0.3 is 15.2 Å². The summed E-state index contributed by atoms with van der Waals surface area (Å²) in [5, 5.41) is 18.3. The number of aliphatic hydroxyl groups excluding tert-OH is 1. The third-order valence-corrected chi connectivity index (χ3v) is 4.69. The van der Waals surface area contributed by atoms with Gasteiger partial charge in [-0.2, -0.15) is 0 Å². The van der Waals surface area contributed by atoms with Crippen molar-refractivity contribution in [3.8, 4) is 0 Å². The molecule has 1 aromatic carbocycles. The number of halogens is 1. The highest BCUT2D eigenvalue weighted by atomic mass is 32.2. The molecule has 1 aromatic heterocycles. The lowest BCUT2D eigenvalue weighted by Gasteiger charge is -2.05. The fourth-order valence-corrected chi connectivity index (χ4v) is 3.20. The Morgan fingerprint density at radius 2 is 1.70 bits per heavy atom. The predicted octanol–water partition coefficient (Wildman–Crippen LogP) is 1.54. The number of aromatic nitrogens is 1. The number of aliphatic hydroxyl groups is 1. The molecule has 0 aliphatic heterocycles. The van der Waals surface area contributed by atoms with Crippen molar-refractivity contribution in [2.24, 2.45) is 0 Å². The highest BCUT2D eigenvalue weighted by molar-refractivity contribution is 7.91. The van der Waals surface area contributed by atoms with Crippen LogP contribution in [0.1, 0.15) is 5.56 Å². The van der Waals surface area contributed by atoms with Crippen LogP contribution in [0.2, 0.25) is 0 Å². The van der Waals surface area contributed by atoms with Crippen LogP contribution >= 0.6 is 0 Å². The molecule has 0 saturated heterocycles. The van der Waals surface area contributed by atoms with Gasteiger partial charge in [0.2, 0.25) is 9.84 Å². The summed E-state index contributed by atoms with van der Waals surface area (Å²) in [5.74, 6) is -4.64. The topological polar surface area (TPSA) is 125 Å². The van der Waals surface area contributed by atoms with Gasteiger partial charge in [0.05, 0.1) is 10.5 Å². The first-order valence-corrected chi connectivity index (χ1v) is 7.57. The van der Waals surface area contributed by atoms with E-state index >= 15 is 0 Å². The monoisotopic (exact) mass is 339 g/mol. The number of carboxylic acid groups (broad SMARTS) is 1. The van der Waals surface area contributed by atoms with Gasteiger partial charge in [0, 0.05) is 18.5 Å². The standard InChI is InChI=1S/C14H10FNO6S/c15-8-1-3-9(4-2-8)23(21,22)13-7-16-6-10(13)11(17)5-12(18)14(19)20/h1-7,16-17H,(H,19,20). The summed E-state index contributed by atoms with van der Waals surface area (Å²) in [6.45, 7) is 0. The second-order valence-electron chi connectivity index (χ2n) is 4.39. The molecule has 0 bridgehead atoms. The maximum Gasteiger partial charge on any atom is 0.376 e. The number of hydrogen-bond acceptors (Lipinski definition) is 5. The summed E-state index contributed by atoms with van der Waals surface area (Å²) in [5.41, 5.74) is -0.274. The van der Waals surface area contributed by atoms with Gasteiger partial charge in [-0.05, 0) is 24.3 Å². The number of carbonyl (C=O) groups is 2. The van der Waals surface area contributed by atoms with Crippen molar-refractivity contribution in [2.75, 3.05) is 0 Å². The molecule has 0 aliphatic carbocycles. The second-order valence-corrected chi connectivity index (χ2v) is 6.31. The Morgan fingerprint density at radius 1 is 1.09 bits per heavy atom. The van der Waals surface area contributed by atoms with Crippen LogP contribution in [-0.2, 0) is 19.4 Å². The van der Waals surface area contributed by atoms with Crippen molar-refractivity contribution in [3.05, 3.63) is 54.1 Å². The van der Waals surface area contributed by atoms with E-state index in [1.165, 1.54) is 0 Å². The molecule has 0 unspecified atom stereocenters. The zero-order chi connectivity index (χ0) is 17.2. The molecular weight excluding hydrogens is 329 g/mol. The summed E-state index contributed by atoms with van der Waals surface area (Å²) in [4.78, 5) is 23.4. The van der Waals surface area contributed by atoms with Crippen LogP contribution in [0, 0.1) is 5.82 Å². The molecule has 7 nitrogen and oxygen atoms in total. The SMILES string of the molecule is O=C(O)C(=O)C=C(O)c1c[nH]cc1S(=O)(=O)c1ccc(F)cc1. The molecule has 0 atom stereocenters. The van der Waals surface area contributed by atoms with Crippen LogP contribution in [0.4, 0.5) is 4.39 Å². The number of sulfone groups is 1. The van der Waals surface area contributed by atoms with E-state index < -0.39 is 33.2 Å². The van der Waals surface area contributed by atoms with Crippen LogP contribution in [0.15, 0.2) is 52.5 Å². The minimum atomic E-state index is -4.10. The number of carboxylic acids is 1. The number of rotatable bonds is 5. The molecule has 9 heteroatoms. The first-order valence-electron chi connectivity index (χ1n) is 6.09. The maximum absolute atomic E-state index is 12.9. The van der Waals surface area contributed by atoms with Gasteiger partial charge in [0.25, 0.3) is 5.78 Å². The van der Waals surface area contributed by atoms with Gasteiger partial charge in [-0.15, -0.1) is 0 Å². The van der Waals surface area contributed by atoms with E-state index in [4.69, 9.17) is 5.11 Å². The number of benzene rings is 1. The number of aromatic amines is 1. The lowest BCUT2D eigenvalue weighted by Crippen LogP contribution is -2.10. The summed E-state index contributed by atoms with van der Waals surface area (Å²) in [6.07, 6.45) is 2.55. The highest BCUT2D eigenvalue weighted by Gasteiger charge is 2.24. The van der Waals surface area contributed by atoms with Gasteiger partial charge in [0.1, 0.15) is 16.5 Å². The normalized spacial score (nSPS) is 12.1. The molecule has 0 saturated carbocycles. The van der Waals surface area contributed by atoms with Crippen LogP contribution in [-0.4, -0.2) is 35.4 Å². The first kappa shape index (κ1) is 16.4. The zero-order valence-electron chi connectivity index (χ0n) is 11.4. The lowest BCUT2D eigenvalue weighted by molar-refractivity contribution is -0.146. The summed E-state index contributed by atoms with van der Waals surface area (Å²) in [7, 11) is -4.10. The van der Waals surface area contributed by atoms with Crippen LogP contribution < -0.4 is 0 Å². The molecule has 1 heterocycles. The number of carbonyl (C=O) groups excluding carboxylic acids is 1. The third kappa shape index (κ3) is 3.29. The van der Waals surface area contributed by atoms with Gasteiger partial charge in [-0.25, -0.2) is 17.6 Å². The van der Waals surface area contributed by atoms with Crippen LogP contribution in [0.3, 0.4) is 0 Å². The van der Waals surface area contributed by atoms with Crippen molar-refractivity contribution in [3.63, 3.8) is 0 Å². The van der Waals surface area contributed by atoms with Crippen molar-refractivity contribution in [1.29, 1.82) is 0 Å². The second kappa shape index (κ2) is 6.05. The van der Waals surface area contributed by atoms with Crippen molar-refractivity contribution >= 4 is 27.3 Å². The van der Waals surface area contributed by atoms with E-state index in [9.17, 15) is 27.5 Å².